The fraction of sp³-hybridized carbons (Fsp3) is 0.438. The second-order valence-corrected chi connectivity index (χ2v) is 5.30. The van der Waals surface area contributed by atoms with E-state index in [0.29, 0.717) is 16.9 Å². The molecule has 1 saturated heterocycles. The Morgan fingerprint density at radius 2 is 1.90 bits per heavy atom. The fourth-order valence-electron chi connectivity index (χ4n) is 2.97. The Morgan fingerprint density at radius 1 is 1.14 bits per heavy atom. The van der Waals surface area contributed by atoms with Gasteiger partial charge in [-0.1, -0.05) is 0 Å². The summed E-state index contributed by atoms with van der Waals surface area (Å²) in [7, 11) is 3.20. The quantitative estimate of drug-likeness (QED) is 0.938. The van der Waals surface area contributed by atoms with Crippen molar-refractivity contribution in [3.63, 3.8) is 0 Å². The van der Waals surface area contributed by atoms with Crippen molar-refractivity contribution in [1.29, 1.82) is 0 Å². The summed E-state index contributed by atoms with van der Waals surface area (Å²) in [5, 5.41) is 4.80. The average molecular weight is 288 g/mol. The van der Waals surface area contributed by atoms with Gasteiger partial charge in [-0.05, 0) is 38.1 Å². The van der Waals surface area contributed by atoms with E-state index < -0.39 is 0 Å². The number of pyridine rings is 1. The summed E-state index contributed by atoms with van der Waals surface area (Å²) in [6.45, 7) is 1.91. The van der Waals surface area contributed by atoms with Crippen LogP contribution < -0.4 is 20.3 Å². The molecule has 0 spiro atoms. The number of nitrogens with zero attached hydrogens (tertiary/aromatic N) is 1. The Labute approximate surface area is 123 Å². The van der Waals surface area contributed by atoms with Crippen molar-refractivity contribution in [3.8, 4) is 11.5 Å². The summed E-state index contributed by atoms with van der Waals surface area (Å²) in [4.78, 5) is 12.8. The summed E-state index contributed by atoms with van der Waals surface area (Å²) in [6, 6.07) is 5.81. The first-order valence-electron chi connectivity index (χ1n) is 7.22. The predicted octanol–water partition coefficient (Wildman–Crippen LogP) is 1.94. The van der Waals surface area contributed by atoms with E-state index in [1.54, 1.807) is 26.4 Å². The van der Waals surface area contributed by atoms with Gasteiger partial charge in [0.1, 0.15) is 11.5 Å². The zero-order valence-corrected chi connectivity index (χ0v) is 12.4. The second-order valence-electron chi connectivity index (χ2n) is 5.30. The summed E-state index contributed by atoms with van der Waals surface area (Å²) in [5.41, 5.74) is 0.0246. The van der Waals surface area contributed by atoms with Crippen LogP contribution >= 0.6 is 0 Å². The van der Waals surface area contributed by atoms with Gasteiger partial charge in [0.15, 0.2) is 0 Å². The lowest BCUT2D eigenvalue weighted by atomic mass is 10.1. The zero-order valence-electron chi connectivity index (χ0n) is 12.4. The third kappa shape index (κ3) is 2.49. The molecule has 0 saturated carbocycles. The van der Waals surface area contributed by atoms with Crippen molar-refractivity contribution in [2.75, 3.05) is 27.3 Å². The molecule has 1 aliphatic rings. The van der Waals surface area contributed by atoms with Crippen molar-refractivity contribution in [3.05, 3.63) is 34.7 Å². The minimum absolute atomic E-state index is 0.0246. The van der Waals surface area contributed by atoms with Gasteiger partial charge in [0.2, 0.25) is 0 Å². The van der Waals surface area contributed by atoms with Crippen LogP contribution in [0.25, 0.3) is 10.8 Å². The zero-order chi connectivity index (χ0) is 14.8. The van der Waals surface area contributed by atoms with E-state index in [1.165, 1.54) is 0 Å². The molecular formula is C16H20N2O3. The SMILES string of the molecule is COc1cc(OC)c2ccn(C3CCNCC3)c(=O)c2c1. The van der Waals surface area contributed by atoms with E-state index in [-0.39, 0.29) is 11.6 Å². The minimum atomic E-state index is 0.0246. The van der Waals surface area contributed by atoms with E-state index in [2.05, 4.69) is 5.32 Å². The molecule has 2 heterocycles. The van der Waals surface area contributed by atoms with Crippen molar-refractivity contribution >= 4 is 10.8 Å². The molecule has 1 aromatic carbocycles. The predicted molar refractivity (Wildman–Crippen MR) is 82.5 cm³/mol. The topological polar surface area (TPSA) is 52.5 Å². The van der Waals surface area contributed by atoms with Crippen LogP contribution in [0.1, 0.15) is 18.9 Å². The standard InChI is InChI=1S/C16H20N2O3/c1-20-12-9-14-13(15(10-12)21-2)5-8-18(16(14)19)11-3-6-17-7-4-11/h5,8-11,17H,3-4,6-7H2,1-2H3. The number of aromatic nitrogens is 1. The van der Waals surface area contributed by atoms with Crippen LogP contribution in [-0.2, 0) is 0 Å². The van der Waals surface area contributed by atoms with Gasteiger partial charge in [-0.2, -0.15) is 0 Å². The lowest BCUT2D eigenvalue weighted by Crippen LogP contribution is -2.34. The maximum absolute atomic E-state index is 12.8. The summed E-state index contributed by atoms with van der Waals surface area (Å²) < 4.78 is 12.5. The molecule has 0 amide bonds. The van der Waals surface area contributed by atoms with E-state index in [9.17, 15) is 4.79 Å². The molecule has 5 nitrogen and oxygen atoms in total. The Hall–Kier alpha value is -2.01. The van der Waals surface area contributed by atoms with Crippen LogP contribution in [-0.4, -0.2) is 31.9 Å². The van der Waals surface area contributed by atoms with Crippen molar-refractivity contribution in [1.82, 2.24) is 9.88 Å². The van der Waals surface area contributed by atoms with Crippen LogP contribution in [0.2, 0.25) is 0 Å². The summed E-state index contributed by atoms with van der Waals surface area (Å²) >= 11 is 0. The van der Waals surface area contributed by atoms with Crippen molar-refractivity contribution in [2.24, 2.45) is 0 Å². The molecule has 5 heteroatoms. The van der Waals surface area contributed by atoms with Gasteiger partial charge in [-0.25, -0.2) is 0 Å². The first-order valence-corrected chi connectivity index (χ1v) is 7.22. The maximum Gasteiger partial charge on any atom is 0.258 e. The highest BCUT2D eigenvalue weighted by Gasteiger charge is 2.18. The smallest absolute Gasteiger partial charge is 0.258 e. The Bertz CT molecular complexity index is 702. The number of hydrogen-bond acceptors (Lipinski definition) is 4. The van der Waals surface area contributed by atoms with Crippen molar-refractivity contribution < 1.29 is 9.47 Å². The maximum atomic E-state index is 12.8. The number of piperidine rings is 1. The van der Waals surface area contributed by atoms with Gasteiger partial charge in [0.25, 0.3) is 5.56 Å². The largest absolute Gasteiger partial charge is 0.497 e. The molecule has 0 atom stereocenters. The van der Waals surface area contributed by atoms with E-state index >= 15 is 0 Å². The molecule has 0 aliphatic carbocycles. The highest BCUT2D eigenvalue weighted by Crippen LogP contribution is 2.30. The fourth-order valence-corrected chi connectivity index (χ4v) is 2.97. The molecule has 0 bridgehead atoms. The minimum Gasteiger partial charge on any atom is -0.497 e. The Kier molecular flexibility index (Phi) is 3.84. The van der Waals surface area contributed by atoms with Crippen molar-refractivity contribution in [2.45, 2.75) is 18.9 Å². The van der Waals surface area contributed by atoms with Crippen LogP contribution in [0.5, 0.6) is 11.5 Å². The number of methoxy groups -OCH3 is 2. The van der Waals surface area contributed by atoms with Gasteiger partial charge in [0, 0.05) is 23.7 Å². The van der Waals surface area contributed by atoms with Crippen LogP contribution in [0.4, 0.5) is 0 Å². The lowest BCUT2D eigenvalue weighted by molar-refractivity contribution is 0.361. The van der Waals surface area contributed by atoms with Crippen LogP contribution in [0.3, 0.4) is 0 Å². The number of benzene rings is 1. The molecule has 0 unspecified atom stereocenters. The van der Waals surface area contributed by atoms with Crippen LogP contribution in [0, 0.1) is 0 Å². The summed E-state index contributed by atoms with van der Waals surface area (Å²) in [5.74, 6) is 1.30. The van der Waals surface area contributed by atoms with E-state index in [0.717, 1.165) is 31.3 Å². The number of rotatable bonds is 3. The number of fused-ring (bicyclic) bond motifs is 1. The van der Waals surface area contributed by atoms with Gasteiger partial charge in [-0.3, -0.25) is 4.79 Å². The normalized spacial score (nSPS) is 16.1. The summed E-state index contributed by atoms with van der Waals surface area (Å²) in [6.07, 6.45) is 3.84. The van der Waals surface area contributed by atoms with Gasteiger partial charge < -0.3 is 19.4 Å². The molecule has 1 aliphatic heterocycles. The molecule has 0 radical (unpaired) electrons. The Morgan fingerprint density at radius 3 is 2.57 bits per heavy atom. The van der Waals surface area contributed by atoms with Gasteiger partial charge >= 0.3 is 0 Å². The third-order valence-electron chi connectivity index (χ3n) is 4.14. The molecular weight excluding hydrogens is 268 g/mol. The molecule has 1 aromatic heterocycles. The third-order valence-corrected chi connectivity index (χ3v) is 4.14. The van der Waals surface area contributed by atoms with Gasteiger partial charge in [0.05, 0.1) is 19.6 Å². The highest BCUT2D eigenvalue weighted by molar-refractivity contribution is 5.89. The molecule has 112 valence electrons. The first kappa shape index (κ1) is 13.9. The monoisotopic (exact) mass is 288 g/mol. The number of ether oxygens (including phenoxy) is 2. The number of hydrogen-bond donors (Lipinski definition) is 1. The lowest BCUT2D eigenvalue weighted by Gasteiger charge is -2.25. The van der Waals surface area contributed by atoms with Gasteiger partial charge in [-0.15, -0.1) is 0 Å². The molecule has 1 N–H and O–H groups in total. The second kappa shape index (κ2) is 5.77. The Balaban J connectivity index is 2.17. The molecule has 21 heavy (non-hydrogen) atoms. The number of nitrogens with one attached hydrogen (secondary N) is 1. The average Bonchev–Trinajstić information content (AvgIpc) is 2.55. The molecule has 2 aromatic rings. The van der Waals surface area contributed by atoms with Crippen LogP contribution in [0.15, 0.2) is 29.2 Å². The highest BCUT2D eigenvalue weighted by atomic mass is 16.5. The van der Waals surface area contributed by atoms with E-state index in [1.807, 2.05) is 16.8 Å². The first-order chi connectivity index (χ1) is 10.2. The molecule has 1 fully saturated rings. The van der Waals surface area contributed by atoms with E-state index in [4.69, 9.17) is 9.47 Å². The molecule has 3 rings (SSSR count).